The van der Waals surface area contributed by atoms with E-state index in [2.05, 4.69) is 5.32 Å². The smallest absolute Gasteiger partial charge is 0.303 e. The minimum Gasteiger partial charge on any atom is -0.481 e. The van der Waals surface area contributed by atoms with Crippen LogP contribution in [-0.2, 0) is 4.79 Å². The summed E-state index contributed by atoms with van der Waals surface area (Å²) in [4.78, 5) is 10.7. The van der Waals surface area contributed by atoms with Gasteiger partial charge >= 0.3 is 5.97 Å². The van der Waals surface area contributed by atoms with Gasteiger partial charge in [-0.2, -0.15) is 0 Å². The molecule has 7 heteroatoms. The van der Waals surface area contributed by atoms with E-state index in [0.717, 1.165) is 6.42 Å². The summed E-state index contributed by atoms with van der Waals surface area (Å²) >= 11 is 5.44. The van der Waals surface area contributed by atoms with Crippen molar-refractivity contribution < 1.29 is 18.7 Å². The van der Waals surface area contributed by atoms with Gasteiger partial charge in [-0.1, -0.05) is 11.6 Å². The molecule has 1 heterocycles. The molecule has 112 valence electrons. The first-order valence-electron chi connectivity index (χ1n) is 6.07. The Morgan fingerprint density at radius 2 is 2.00 bits per heavy atom. The second kappa shape index (κ2) is 7.20. The summed E-state index contributed by atoms with van der Waals surface area (Å²) in [6, 6.07) is 2.16. The topological polar surface area (TPSA) is 49.3 Å². The fourth-order valence-corrected chi connectivity index (χ4v) is 2.57. The van der Waals surface area contributed by atoms with Crippen molar-refractivity contribution in [2.45, 2.75) is 25.3 Å². The van der Waals surface area contributed by atoms with Crippen molar-refractivity contribution in [3.05, 3.63) is 34.4 Å². The summed E-state index contributed by atoms with van der Waals surface area (Å²) in [6.07, 6.45) is 1.38. The molecule has 0 aliphatic carbocycles. The number of halogens is 4. The van der Waals surface area contributed by atoms with E-state index in [-0.39, 0.29) is 30.8 Å². The molecule has 2 unspecified atom stereocenters. The van der Waals surface area contributed by atoms with Crippen LogP contribution in [0.25, 0.3) is 0 Å². The minimum atomic E-state index is -0.848. The number of hydrogen-bond acceptors (Lipinski definition) is 2. The van der Waals surface area contributed by atoms with Gasteiger partial charge < -0.3 is 10.4 Å². The van der Waals surface area contributed by atoms with Crippen LogP contribution in [0, 0.1) is 17.6 Å². The van der Waals surface area contributed by atoms with E-state index in [9.17, 15) is 13.6 Å². The number of benzene rings is 1. The lowest BCUT2D eigenvalue weighted by Gasteiger charge is -2.30. The predicted octanol–water partition coefficient (Wildman–Crippen LogP) is 3.56. The Morgan fingerprint density at radius 3 is 2.55 bits per heavy atom. The summed E-state index contributed by atoms with van der Waals surface area (Å²) < 4.78 is 26.8. The first-order chi connectivity index (χ1) is 8.97. The monoisotopic (exact) mass is 325 g/mol. The van der Waals surface area contributed by atoms with Crippen LogP contribution < -0.4 is 5.32 Å². The van der Waals surface area contributed by atoms with Crippen LogP contribution >= 0.6 is 24.0 Å². The summed E-state index contributed by atoms with van der Waals surface area (Å²) in [5, 5.41) is 11.4. The maximum absolute atomic E-state index is 13.4. The van der Waals surface area contributed by atoms with E-state index < -0.39 is 22.6 Å². The quantitative estimate of drug-likeness (QED) is 0.835. The van der Waals surface area contributed by atoms with Crippen molar-refractivity contribution in [3.8, 4) is 0 Å². The zero-order valence-corrected chi connectivity index (χ0v) is 12.1. The maximum atomic E-state index is 13.4. The van der Waals surface area contributed by atoms with E-state index in [1.807, 2.05) is 0 Å². The van der Waals surface area contributed by atoms with Crippen LogP contribution in [0.2, 0.25) is 5.02 Å². The Morgan fingerprint density at radius 1 is 1.40 bits per heavy atom. The summed E-state index contributed by atoms with van der Waals surface area (Å²) in [6.45, 7) is 0.633. The highest BCUT2D eigenvalue weighted by atomic mass is 35.5. The zero-order chi connectivity index (χ0) is 14.0. The molecule has 0 aromatic heterocycles. The maximum Gasteiger partial charge on any atom is 0.303 e. The summed E-state index contributed by atoms with van der Waals surface area (Å²) in [5.74, 6) is -2.41. The van der Waals surface area contributed by atoms with Gasteiger partial charge in [0.25, 0.3) is 0 Å². The lowest BCUT2D eigenvalue weighted by Crippen LogP contribution is -2.32. The van der Waals surface area contributed by atoms with Crippen molar-refractivity contribution in [2.75, 3.05) is 6.54 Å². The molecule has 0 saturated carbocycles. The number of carboxylic acid groups (broad SMARTS) is 1. The van der Waals surface area contributed by atoms with Gasteiger partial charge in [0.15, 0.2) is 0 Å². The molecule has 2 N–H and O–H groups in total. The Hall–Kier alpha value is -0.910. The molecule has 1 saturated heterocycles. The molecule has 3 nitrogen and oxygen atoms in total. The molecule has 0 bridgehead atoms. The number of piperidine rings is 1. The van der Waals surface area contributed by atoms with Crippen LogP contribution in [0.1, 0.15) is 30.9 Å². The van der Waals surface area contributed by atoms with Crippen molar-refractivity contribution in [1.82, 2.24) is 5.32 Å². The van der Waals surface area contributed by atoms with Gasteiger partial charge in [0.05, 0.1) is 0 Å². The van der Waals surface area contributed by atoms with Crippen LogP contribution in [0.5, 0.6) is 0 Å². The molecule has 1 aromatic rings. The third kappa shape index (κ3) is 4.04. The molecule has 1 aliphatic rings. The molecule has 1 fully saturated rings. The molecule has 1 aromatic carbocycles. The average molecular weight is 326 g/mol. The van der Waals surface area contributed by atoms with Crippen LogP contribution in [0.4, 0.5) is 8.78 Å². The number of aliphatic carboxylic acids is 1. The standard InChI is InChI=1S/C13H14ClF2NO2.ClH/c14-13-9(15)5-8(6-10(13)16)11-3-7(1-2-17-11)4-12(18)19;/h5-7,11,17H,1-4H2,(H,18,19);1H. The van der Waals surface area contributed by atoms with E-state index in [0.29, 0.717) is 18.5 Å². The van der Waals surface area contributed by atoms with Crippen molar-refractivity contribution in [1.29, 1.82) is 0 Å². The molecular formula is C13H15Cl2F2NO2. The fourth-order valence-electron chi connectivity index (χ4n) is 2.46. The lowest BCUT2D eigenvalue weighted by molar-refractivity contribution is -0.138. The average Bonchev–Trinajstić information content (AvgIpc) is 2.35. The Balaban J connectivity index is 0.00000200. The van der Waals surface area contributed by atoms with Gasteiger partial charge in [0, 0.05) is 12.5 Å². The first-order valence-corrected chi connectivity index (χ1v) is 6.44. The van der Waals surface area contributed by atoms with Crippen molar-refractivity contribution in [2.24, 2.45) is 5.92 Å². The van der Waals surface area contributed by atoms with E-state index >= 15 is 0 Å². The number of carboxylic acids is 1. The normalized spacial score (nSPS) is 22.1. The van der Waals surface area contributed by atoms with Crippen LogP contribution in [0.15, 0.2) is 12.1 Å². The van der Waals surface area contributed by atoms with Gasteiger partial charge in [-0.3, -0.25) is 4.79 Å². The second-order valence-corrected chi connectivity index (χ2v) is 5.17. The largest absolute Gasteiger partial charge is 0.481 e. The van der Waals surface area contributed by atoms with Crippen LogP contribution in [0.3, 0.4) is 0 Å². The third-order valence-electron chi connectivity index (χ3n) is 3.38. The van der Waals surface area contributed by atoms with E-state index in [4.69, 9.17) is 16.7 Å². The highest BCUT2D eigenvalue weighted by Gasteiger charge is 2.25. The molecular weight excluding hydrogens is 311 g/mol. The zero-order valence-electron chi connectivity index (χ0n) is 10.5. The minimum absolute atomic E-state index is 0. The van der Waals surface area contributed by atoms with Crippen LogP contribution in [-0.4, -0.2) is 17.6 Å². The predicted molar refractivity (Wildman–Crippen MR) is 74.3 cm³/mol. The SMILES string of the molecule is Cl.O=C(O)CC1CCNC(c2cc(F)c(Cl)c(F)c2)C1. The van der Waals surface area contributed by atoms with E-state index in [1.54, 1.807) is 0 Å². The van der Waals surface area contributed by atoms with Gasteiger partial charge in [0.1, 0.15) is 16.7 Å². The number of carbonyl (C=O) groups is 1. The Bertz CT molecular complexity index is 476. The summed E-state index contributed by atoms with van der Waals surface area (Å²) in [5.41, 5.74) is 0.467. The van der Waals surface area contributed by atoms with Gasteiger partial charge in [-0.05, 0) is 43.0 Å². The molecule has 2 atom stereocenters. The molecule has 0 spiro atoms. The highest BCUT2D eigenvalue weighted by molar-refractivity contribution is 6.30. The van der Waals surface area contributed by atoms with Gasteiger partial charge in [-0.15, -0.1) is 12.4 Å². The molecule has 2 rings (SSSR count). The Kier molecular flexibility index (Phi) is 6.17. The first kappa shape index (κ1) is 17.1. The molecule has 0 radical (unpaired) electrons. The van der Waals surface area contributed by atoms with Crippen molar-refractivity contribution in [3.63, 3.8) is 0 Å². The Labute approximate surface area is 126 Å². The molecule has 1 aliphatic heterocycles. The fraction of sp³-hybridized carbons (Fsp3) is 0.462. The molecule has 20 heavy (non-hydrogen) atoms. The van der Waals surface area contributed by atoms with Gasteiger partial charge in [-0.25, -0.2) is 8.78 Å². The summed E-state index contributed by atoms with van der Waals surface area (Å²) in [7, 11) is 0. The molecule has 0 amide bonds. The van der Waals surface area contributed by atoms with Gasteiger partial charge in [0.2, 0.25) is 0 Å². The van der Waals surface area contributed by atoms with Crippen molar-refractivity contribution >= 4 is 30.0 Å². The van der Waals surface area contributed by atoms with E-state index in [1.165, 1.54) is 12.1 Å². The highest BCUT2D eigenvalue weighted by Crippen LogP contribution is 2.31. The third-order valence-corrected chi connectivity index (χ3v) is 3.75. The lowest BCUT2D eigenvalue weighted by atomic mass is 9.86. The number of nitrogens with one attached hydrogen (secondary N) is 1. The second-order valence-electron chi connectivity index (χ2n) is 4.79. The number of rotatable bonds is 3. The number of hydrogen-bond donors (Lipinski definition) is 2.